The van der Waals surface area contributed by atoms with Gasteiger partial charge in [-0.05, 0) is 32.7 Å². The molecule has 1 atom stereocenters. The number of aromatic nitrogens is 1. The largest absolute Gasteiger partial charge is 0.445 e. The van der Waals surface area contributed by atoms with Gasteiger partial charge in [0, 0.05) is 18.4 Å². The second-order valence-electron chi connectivity index (χ2n) is 5.52. The van der Waals surface area contributed by atoms with Gasteiger partial charge >= 0.3 is 0 Å². The molecular weight excluding hydrogens is 212 g/mol. The molecule has 0 amide bonds. The van der Waals surface area contributed by atoms with Crippen molar-refractivity contribution in [1.82, 2.24) is 10.3 Å². The molecule has 3 nitrogen and oxygen atoms in total. The average Bonchev–Trinajstić information content (AvgIpc) is 2.99. The van der Waals surface area contributed by atoms with Crippen molar-refractivity contribution in [3.05, 3.63) is 17.3 Å². The highest BCUT2D eigenvalue weighted by molar-refractivity contribution is 5.16. The van der Waals surface area contributed by atoms with Crippen LogP contribution in [0.4, 0.5) is 0 Å². The van der Waals surface area contributed by atoms with E-state index < -0.39 is 0 Å². The van der Waals surface area contributed by atoms with Gasteiger partial charge in [-0.2, -0.15) is 0 Å². The Kier molecular flexibility index (Phi) is 3.19. The Morgan fingerprint density at radius 3 is 2.65 bits per heavy atom. The molecule has 1 aliphatic heterocycles. The summed E-state index contributed by atoms with van der Waals surface area (Å²) < 4.78 is 5.90. The molecule has 0 aromatic carbocycles. The van der Waals surface area contributed by atoms with Gasteiger partial charge in [0.15, 0.2) is 5.89 Å². The molecule has 1 N–H and O–H groups in total. The number of nitrogens with one attached hydrogen (secondary N) is 1. The molecule has 1 saturated heterocycles. The van der Waals surface area contributed by atoms with Gasteiger partial charge in [-0.15, -0.1) is 0 Å². The highest BCUT2D eigenvalue weighted by Gasteiger charge is 2.26. The molecule has 17 heavy (non-hydrogen) atoms. The summed E-state index contributed by atoms with van der Waals surface area (Å²) >= 11 is 0. The Labute approximate surface area is 103 Å². The number of aryl methyl sites for hydroxylation is 1. The predicted octanol–water partition coefficient (Wildman–Crippen LogP) is 3.11. The van der Waals surface area contributed by atoms with Crippen LogP contribution in [0.2, 0.25) is 0 Å². The van der Waals surface area contributed by atoms with Crippen molar-refractivity contribution in [2.75, 3.05) is 13.1 Å². The standard InChI is InChI=1S/C14H22N2O/c1-10-13(11-5-3-2-4-6-11)16-14(17-10)12-7-8-15-9-12/h11-12,15H,2-9H2,1H3. The summed E-state index contributed by atoms with van der Waals surface area (Å²) in [6.07, 6.45) is 7.89. The number of nitrogens with zero attached hydrogens (tertiary/aromatic N) is 1. The normalized spacial score (nSPS) is 26.5. The Hall–Kier alpha value is -0.830. The fourth-order valence-electron chi connectivity index (χ4n) is 3.22. The zero-order valence-corrected chi connectivity index (χ0v) is 10.7. The predicted molar refractivity (Wildman–Crippen MR) is 67.3 cm³/mol. The van der Waals surface area contributed by atoms with E-state index in [1.807, 2.05) is 0 Å². The highest BCUT2D eigenvalue weighted by Crippen LogP contribution is 2.35. The second kappa shape index (κ2) is 4.81. The molecule has 1 aliphatic carbocycles. The number of oxazole rings is 1. The molecule has 0 spiro atoms. The lowest BCUT2D eigenvalue weighted by molar-refractivity contribution is 0.424. The smallest absolute Gasteiger partial charge is 0.199 e. The molecular formula is C14H22N2O. The fraction of sp³-hybridized carbons (Fsp3) is 0.786. The second-order valence-corrected chi connectivity index (χ2v) is 5.52. The first-order valence-corrected chi connectivity index (χ1v) is 7.02. The van der Waals surface area contributed by atoms with Crippen molar-refractivity contribution in [2.24, 2.45) is 0 Å². The summed E-state index contributed by atoms with van der Waals surface area (Å²) in [4.78, 5) is 4.81. The lowest BCUT2D eigenvalue weighted by Crippen LogP contribution is -2.09. The van der Waals surface area contributed by atoms with Crippen LogP contribution in [0.25, 0.3) is 0 Å². The van der Waals surface area contributed by atoms with Gasteiger partial charge in [-0.3, -0.25) is 0 Å². The van der Waals surface area contributed by atoms with Crippen molar-refractivity contribution < 1.29 is 4.42 Å². The summed E-state index contributed by atoms with van der Waals surface area (Å²) in [6.45, 7) is 4.22. The van der Waals surface area contributed by atoms with Crippen LogP contribution < -0.4 is 5.32 Å². The van der Waals surface area contributed by atoms with Gasteiger partial charge in [-0.25, -0.2) is 4.98 Å². The number of hydrogen-bond donors (Lipinski definition) is 1. The third kappa shape index (κ3) is 2.25. The van der Waals surface area contributed by atoms with Crippen LogP contribution in [0.15, 0.2) is 4.42 Å². The van der Waals surface area contributed by atoms with E-state index in [-0.39, 0.29) is 0 Å². The van der Waals surface area contributed by atoms with Crippen molar-refractivity contribution in [3.8, 4) is 0 Å². The first-order chi connectivity index (χ1) is 8.34. The highest BCUT2D eigenvalue weighted by atomic mass is 16.4. The topological polar surface area (TPSA) is 38.1 Å². The summed E-state index contributed by atoms with van der Waals surface area (Å²) in [5.74, 6) is 3.22. The molecule has 2 aliphatic rings. The van der Waals surface area contributed by atoms with E-state index in [4.69, 9.17) is 9.40 Å². The van der Waals surface area contributed by atoms with Gasteiger partial charge in [0.2, 0.25) is 0 Å². The average molecular weight is 234 g/mol. The van der Waals surface area contributed by atoms with E-state index in [1.165, 1.54) is 44.2 Å². The minimum absolute atomic E-state index is 0.506. The Balaban J connectivity index is 1.79. The summed E-state index contributed by atoms with van der Waals surface area (Å²) in [6, 6.07) is 0. The monoisotopic (exact) mass is 234 g/mol. The fourth-order valence-corrected chi connectivity index (χ4v) is 3.22. The molecule has 1 aromatic heterocycles. The SMILES string of the molecule is Cc1oc(C2CCNC2)nc1C1CCCCC1. The van der Waals surface area contributed by atoms with E-state index in [1.54, 1.807) is 0 Å². The molecule has 3 heteroatoms. The molecule has 0 radical (unpaired) electrons. The first kappa shape index (κ1) is 11.3. The van der Waals surface area contributed by atoms with Crippen LogP contribution in [0.1, 0.15) is 67.7 Å². The van der Waals surface area contributed by atoms with Crippen LogP contribution in [0, 0.1) is 6.92 Å². The summed E-state index contributed by atoms with van der Waals surface area (Å²) in [5, 5.41) is 3.38. The van der Waals surface area contributed by atoms with Crippen molar-refractivity contribution in [3.63, 3.8) is 0 Å². The number of hydrogen-bond acceptors (Lipinski definition) is 3. The molecule has 2 fully saturated rings. The van der Waals surface area contributed by atoms with Crippen LogP contribution in [0.5, 0.6) is 0 Å². The van der Waals surface area contributed by atoms with Crippen molar-refractivity contribution in [1.29, 1.82) is 0 Å². The van der Waals surface area contributed by atoms with E-state index in [9.17, 15) is 0 Å². The van der Waals surface area contributed by atoms with Gasteiger partial charge in [-0.1, -0.05) is 19.3 Å². The van der Waals surface area contributed by atoms with Crippen LogP contribution >= 0.6 is 0 Å². The van der Waals surface area contributed by atoms with E-state index in [2.05, 4.69) is 12.2 Å². The third-order valence-electron chi connectivity index (χ3n) is 4.25. The Morgan fingerprint density at radius 2 is 1.94 bits per heavy atom. The quantitative estimate of drug-likeness (QED) is 0.854. The van der Waals surface area contributed by atoms with E-state index >= 15 is 0 Å². The molecule has 3 rings (SSSR count). The van der Waals surface area contributed by atoms with Crippen molar-refractivity contribution in [2.45, 2.75) is 57.3 Å². The number of rotatable bonds is 2. The maximum absolute atomic E-state index is 5.90. The molecule has 1 aromatic rings. The molecule has 0 bridgehead atoms. The lowest BCUT2D eigenvalue weighted by atomic mass is 9.86. The lowest BCUT2D eigenvalue weighted by Gasteiger charge is -2.19. The molecule has 1 unspecified atom stereocenters. The van der Waals surface area contributed by atoms with Crippen LogP contribution in [-0.4, -0.2) is 18.1 Å². The van der Waals surface area contributed by atoms with Crippen LogP contribution in [0.3, 0.4) is 0 Å². The van der Waals surface area contributed by atoms with Gasteiger partial charge in [0.1, 0.15) is 5.76 Å². The van der Waals surface area contributed by atoms with Crippen LogP contribution in [-0.2, 0) is 0 Å². The zero-order chi connectivity index (χ0) is 11.7. The van der Waals surface area contributed by atoms with Gasteiger partial charge in [0.25, 0.3) is 0 Å². The first-order valence-electron chi connectivity index (χ1n) is 7.02. The van der Waals surface area contributed by atoms with E-state index in [0.717, 1.165) is 24.7 Å². The van der Waals surface area contributed by atoms with Gasteiger partial charge < -0.3 is 9.73 Å². The third-order valence-corrected chi connectivity index (χ3v) is 4.25. The van der Waals surface area contributed by atoms with E-state index in [0.29, 0.717) is 11.8 Å². The van der Waals surface area contributed by atoms with Gasteiger partial charge in [0.05, 0.1) is 5.69 Å². The minimum Gasteiger partial charge on any atom is -0.445 e. The Morgan fingerprint density at radius 1 is 1.12 bits per heavy atom. The summed E-state index contributed by atoms with van der Waals surface area (Å²) in [5.41, 5.74) is 1.26. The minimum atomic E-state index is 0.506. The maximum atomic E-state index is 5.90. The Bertz CT molecular complexity index is 374. The molecule has 94 valence electrons. The molecule has 1 saturated carbocycles. The maximum Gasteiger partial charge on any atom is 0.199 e. The van der Waals surface area contributed by atoms with Crippen molar-refractivity contribution >= 4 is 0 Å². The summed E-state index contributed by atoms with van der Waals surface area (Å²) in [7, 11) is 0. The zero-order valence-electron chi connectivity index (χ0n) is 10.7. The molecule has 2 heterocycles.